The highest BCUT2D eigenvalue weighted by atomic mass is 32.2. The van der Waals surface area contributed by atoms with Gasteiger partial charge in [-0.15, -0.1) is 0 Å². The van der Waals surface area contributed by atoms with E-state index in [1.807, 2.05) is 18.2 Å². The van der Waals surface area contributed by atoms with E-state index in [-0.39, 0.29) is 0 Å². The number of aromatic nitrogens is 4. The van der Waals surface area contributed by atoms with Gasteiger partial charge in [0.1, 0.15) is 5.03 Å². The number of hydrogen-bond acceptors (Lipinski definition) is 6. The second-order valence-electron chi connectivity index (χ2n) is 5.01. The molecule has 0 radical (unpaired) electrons. The number of nitrogens with one attached hydrogen (secondary N) is 2. The van der Waals surface area contributed by atoms with E-state index in [4.69, 9.17) is 0 Å². The first-order valence-electron chi connectivity index (χ1n) is 6.88. The molecule has 0 bridgehead atoms. The highest BCUT2D eigenvalue weighted by Gasteiger charge is 2.17. The van der Waals surface area contributed by atoms with Gasteiger partial charge in [0, 0.05) is 29.6 Å². The Bertz CT molecular complexity index is 1010. The predicted octanol–water partition coefficient (Wildman–Crippen LogP) is 1.58. The summed E-state index contributed by atoms with van der Waals surface area (Å²) < 4.78 is 1.45. The van der Waals surface area contributed by atoms with Crippen molar-refractivity contribution in [3.63, 3.8) is 0 Å². The Hall–Kier alpha value is -2.87. The monoisotopic (exact) mass is 325 g/mol. The van der Waals surface area contributed by atoms with Gasteiger partial charge < -0.3 is 5.32 Å². The van der Waals surface area contributed by atoms with Crippen molar-refractivity contribution in [2.75, 3.05) is 5.32 Å². The van der Waals surface area contributed by atoms with Crippen molar-refractivity contribution in [3.8, 4) is 0 Å². The molecule has 1 aliphatic heterocycles. The van der Waals surface area contributed by atoms with Gasteiger partial charge in [-0.2, -0.15) is 0 Å². The van der Waals surface area contributed by atoms with Gasteiger partial charge in [-0.05, 0) is 17.7 Å². The van der Waals surface area contributed by atoms with E-state index in [1.54, 1.807) is 24.2 Å². The van der Waals surface area contributed by atoms with Crippen LogP contribution >= 0.6 is 11.8 Å². The van der Waals surface area contributed by atoms with Crippen LogP contribution in [0.5, 0.6) is 0 Å². The molecule has 0 aliphatic carbocycles. The third-order valence-electron chi connectivity index (χ3n) is 3.42. The van der Waals surface area contributed by atoms with Crippen molar-refractivity contribution in [1.29, 1.82) is 0 Å². The standard InChI is InChI=1S/C15H11N5O2S/c21-12-3-6-20(15(22)19-12)8-9-1-2-11-10(7-9)18-13-14(23-11)17-5-4-16-13/h1-7H,8H2,(H,16,18)(H,19,21,22). The fourth-order valence-corrected chi connectivity index (χ4v) is 3.22. The van der Waals surface area contributed by atoms with Crippen LogP contribution in [0.1, 0.15) is 5.56 Å². The van der Waals surface area contributed by atoms with Gasteiger partial charge in [0.2, 0.25) is 0 Å². The number of aromatic amines is 1. The summed E-state index contributed by atoms with van der Waals surface area (Å²) in [6.45, 7) is 0.378. The summed E-state index contributed by atoms with van der Waals surface area (Å²) >= 11 is 1.55. The molecule has 2 N–H and O–H groups in total. The summed E-state index contributed by atoms with van der Waals surface area (Å²) in [5, 5.41) is 4.09. The van der Waals surface area contributed by atoms with Crippen molar-refractivity contribution < 1.29 is 0 Å². The van der Waals surface area contributed by atoms with Crippen LogP contribution in [0.25, 0.3) is 0 Å². The Balaban J connectivity index is 1.66. The lowest BCUT2D eigenvalue weighted by molar-refractivity contribution is 0.720. The zero-order valence-electron chi connectivity index (χ0n) is 11.8. The van der Waals surface area contributed by atoms with Crippen molar-refractivity contribution in [2.45, 2.75) is 16.5 Å². The van der Waals surface area contributed by atoms with E-state index in [0.29, 0.717) is 6.54 Å². The Morgan fingerprint density at radius 1 is 1.13 bits per heavy atom. The minimum Gasteiger partial charge on any atom is -0.337 e. The molecule has 2 aromatic heterocycles. The maximum absolute atomic E-state index is 11.8. The summed E-state index contributed by atoms with van der Waals surface area (Å²) in [7, 11) is 0. The topological polar surface area (TPSA) is 92.7 Å². The van der Waals surface area contributed by atoms with Gasteiger partial charge in [-0.25, -0.2) is 14.8 Å². The molecular weight excluding hydrogens is 314 g/mol. The van der Waals surface area contributed by atoms with E-state index in [2.05, 4.69) is 20.3 Å². The largest absolute Gasteiger partial charge is 0.337 e. The van der Waals surface area contributed by atoms with Crippen LogP contribution in [0.15, 0.2) is 62.4 Å². The molecule has 0 spiro atoms. The molecule has 0 saturated carbocycles. The zero-order chi connectivity index (χ0) is 15.8. The zero-order valence-corrected chi connectivity index (χ0v) is 12.6. The fraction of sp³-hybridized carbons (Fsp3) is 0.0667. The van der Waals surface area contributed by atoms with Gasteiger partial charge >= 0.3 is 5.69 Å². The van der Waals surface area contributed by atoms with Gasteiger partial charge in [0.25, 0.3) is 5.56 Å². The molecule has 0 saturated heterocycles. The van der Waals surface area contributed by atoms with Crippen LogP contribution in [0.2, 0.25) is 0 Å². The van der Waals surface area contributed by atoms with E-state index >= 15 is 0 Å². The van der Waals surface area contributed by atoms with Gasteiger partial charge in [-0.1, -0.05) is 17.8 Å². The number of benzene rings is 1. The highest BCUT2D eigenvalue weighted by molar-refractivity contribution is 7.99. The molecule has 0 amide bonds. The number of fused-ring (bicyclic) bond motifs is 2. The molecule has 0 atom stereocenters. The Morgan fingerprint density at radius 2 is 2.00 bits per heavy atom. The molecule has 7 nitrogen and oxygen atoms in total. The maximum atomic E-state index is 11.8. The van der Waals surface area contributed by atoms with E-state index in [9.17, 15) is 9.59 Å². The first-order chi connectivity index (χ1) is 11.2. The minimum absolute atomic E-state index is 0.378. The number of H-pyrrole nitrogens is 1. The quantitative estimate of drug-likeness (QED) is 0.581. The number of hydrogen-bond donors (Lipinski definition) is 2. The number of anilines is 2. The third kappa shape index (κ3) is 2.64. The first-order valence-corrected chi connectivity index (χ1v) is 7.69. The van der Waals surface area contributed by atoms with Crippen LogP contribution in [0, 0.1) is 0 Å². The van der Waals surface area contributed by atoms with Crippen LogP contribution < -0.4 is 16.6 Å². The first kappa shape index (κ1) is 13.8. The molecule has 8 heteroatoms. The average Bonchev–Trinajstić information content (AvgIpc) is 2.55. The molecular formula is C15H11N5O2S. The lowest BCUT2D eigenvalue weighted by Crippen LogP contribution is -2.28. The van der Waals surface area contributed by atoms with E-state index in [1.165, 1.54) is 16.8 Å². The van der Waals surface area contributed by atoms with Crippen LogP contribution in [0.4, 0.5) is 11.5 Å². The summed E-state index contributed by atoms with van der Waals surface area (Å²) in [5.74, 6) is 0.725. The number of nitrogens with zero attached hydrogens (tertiary/aromatic N) is 3. The van der Waals surface area contributed by atoms with Gasteiger partial charge in [0.15, 0.2) is 5.82 Å². The Labute approximate surface area is 134 Å². The Morgan fingerprint density at radius 3 is 2.87 bits per heavy atom. The van der Waals surface area contributed by atoms with Crippen LogP contribution in [-0.4, -0.2) is 19.5 Å². The van der Waals surface area contributed by atoms with Gasteiger partial charge in [0.05, 0.1) is 12.2 Å². The molecule has 3 heterocycles. The van der Waals surface area contributed by atoms with Crippen molar-refractivity contribution in [1.82, 2.24) is 19.5 Å². The second kappa shape index (κ2) is 5.40. The van der Waals surface area contributed by atoms with Crippen molar-refractivity contribution in [2.24, 2.45) is 0 Å². The smallest absolute Gasteiger partial charge is 0.328 e. The summed E-state index contributed by atoms with van der Waals surface area (Å²) in [6.07, 6.45) is 4.79. The molecule has 3 aromatic rings. The summed E-state index contributed by atoms with van der Waals surface area (Å²) in [6, 6.07) is 7.24. The van der Waals surface area contributed by atoms with Gasteiger partial charge in [-0.3, -0.25) is 14.3 Å². The predicted molar refractivity (Wildman–Crippen MR) is 86.3 cm³/mol. The lowest BCUT2D eigenvalue weighted by atomic mass is 10.2. The normalized spacial score (nSPS) is 12.2. The highest BCUT2D eigenvalue weighted by Crippen LogP contribution is 2.41. The summed E-state index contributed by atoms with van der Waals surface area (Å²) in [4.78, 5) is 34.7. The minimum atomic E-state index is -0.422. The molecule has 0 fully saturated rings. The van der Waals surface area contributed by atoms with Crippen LogP contribution in [0.3, 0.4) is 0 Å². The van der Waals surface area contributed by atoms with E-state index < -0.39 is 11.2 Å². The molecule has 4 rings (SSSR count). The molecule has 0 unspecified atom stereocenters. The molecule has 23 heavy (non-hydrogen) atoms. The van der Waals surface area contributed by atoms with E-state index in [0.717, 1.165) is 27.0 Å². The second-order valence-corrected chi connectivity index (χ2v) is 6.04. The van der Waals surface area contributed by atoms with Crippen molar-refractivity contribution >= 4 is 23.3 Å². The Kier molecular flexibility index (Phi) is 3.23. The molecule has 1 aliphatic rings. The van der Waals surface area contributed by atoms with Crippen molar-refractivity contribution in [3.05, 3.63) is 69.3 Å². The number of rotatable bonds is 2. The van der Waals surface area contributed by atoms with Crippen LogP contribution in [-0.2, 0) is 6.54 Å². The molecule has 114 valence electrons. The lowest BCUT2D eigenvalue weighted by Gasteiger charge is -2.19. The summed E-state index contributed by atoms with van der Waals surface area (Å²) in [5.41, 5.74) is 1.05. The third-order valence-corrected chi connectivity index (χ3v) is 4.49. The maximum Gasteiger partial charge on any atom is 0.328 e. The SMILES string of the molecule is O=c1ccn(Cc2ccc3c(c2)Nc2nccnc2S3)c(=O)[nH]1. The fourth-order valence-electron chi connectivity index (χ4n) is 2.35. The molecule has 1 aromatic carbocycles. The average molecular weight is 325 g/mol.